The molecule has 0 saturated heterocycles. The molecule has 0 aromatic carbocycles. The van der Waals surface area contributed by atoms with Crippen molar-refractivity contribution in [2.75, 3.05) is 7.11 Å². The van der Waals surface area contributed by atoms with Crippen molar-refractivity contribution >= 4 is 5.97 Å². The van der Waals surface area contributed by atoms with Gasteiger partial charge in [0, 0.05) is 0 Å². The Morgan fingerprint density at radius 2 is 1.81 bits per heavy atom. The highest BCUT2D eigenvalue weighted by molar-refractivity contribution is 5.77. The molecule has 0 spiro atoms. The molecule has 0 amide bonds. The van der Waals surface area contributed by atoms with E-state index in [0.29, 0.717) is 17.8 Å². The first-order valence-corrected chi connectivity index (χ1v) is 6.29. The van der Waals surface area contributed by atoms with Gasteiger partial charge in [-0.05, 0) is 56.8 Å². The number of rotatable bonds is 1. The molecule has 0 heterocycles. The summed E-state index contributed by atoms with van der Waals surface area (Å²) in [5.41, 5.74) is -0.804. The number of carbonyl (C=O) groups excluding carboxylic acids is 1. The van der Waals surface area contributed by atoms with Crippen LogP contribution in [0.4, 0.5) is 0 Å². The van der Waals surface area contributed by atoms with E-state index in [1.165, 1.54) is 7.11 Å². The molecule has 1 N–H and O–H groups in total. The Hall–Kier alpha value is -0.570. The van der Waals surface area contributed by atoms with Crippen molar-refractivity contribution in [3.8, 4) is 0 Å². The fourth-order valence-corrected chi connectivity index (χ4v) is 4.67. The molecule has 5 atom stereocenters. The second-order valence-corrected chi connectivity index (χ2v) is 6.34. The molecule has 4 aliphatic rings. The van der Waals surface area contributed by atoms with Crippen LogP contribution < -0.4 is 0 Å². The maximum absolute atomic E-state index is 12.0. The van der Waals surface area contributed by atoms with E-state index < -0.39 is 5.60 Å². The van der Waals surface area contributed by atoms with Crippen molar-refractivity contribution in [1.82, 2.24) is 0 Å². The Bertz CT molecular complexity index is 316. The number of methoxy groups -OCH3 is 1. The second-order valence-electron chi connectivity index (χ2n) is 6.34. The van der Waals surface area contributed by atoms with Crippen LogP contribution in [-0.2, 0) is 9.53 Å². The zero-order valence-corrected chi connectivity index (χ0v) is 10.0. The van der Waals surface area contributed by atoms with Gasteiger partial charge in [-0.2, -0.15) is 0 Å². The molecule has 4 aliphatic carbocycles. The molecule has 0 radical (unpaired) electrons. The van der Waals surface area contributed by atoms with Crippen LogP contribution in [0.15, 0.2) is 0 Å². The zero-order chi connectivity index (χ0) is 11.6. The Balaban J connectivity index is 1.96. The van der Waals surface area contributed by atoms with Gasteiger partial charge in [0.2, 0.25) is 0 Å². The predicted octanol–water partition coefficient (Wildman–Crippen LogP) is 1.74. The van der Waals surface area contributed by atoms with E-state index in [-0.39, 0.29) is 11.4 Å². The average Bonchev–Trinajstić information content (AvgIpc) is 2.24. The van der Waals surface area contributed by atoms with Crippen LogP contribution in [0, 0.1) is 23.2 Å². The minimum atomic E-state index is -0.547. The van der Waals surface area contributed by atoms with E-state index in [1.807, 2.05) is 6.92 Å². The van der Waals surface area contributed by atoms with Crippen molar-refractivity contribution in [2.24, 2.45) is 23.2 Å². The van der Waals surface area contributed by atoms with Crippen LogP contribution in [-0.4, -0.2) is 23.8 Å². The van der Waals surface area contributed by atoms with Crippen molar-refractivity contribution in [3.63, 3.8) is 0 Å². The van der Waals surface area contributed by atoms with E-state index in [4.69, 9.17) is 4.74 Å². The highest BCUT2D eigenvalue weighted by Gasteiger charge is 2.62. The van der Waals surface area contributed by atoms with Gasteiger partial charge in [-0.1, -0.05) is 0 Å². The molecule has 0 aromatic rings. The van der Waals surface area contributed by atoms with E-state index in [1.54, 1.807) is 0 Å². The Labute approximate surface area is 96.2 Å². The lowest BCUT2D eigenvalue weighted by atomic mass is 9.45. The maximum Gasteiger partial charge on any atom is 0.311 e. The molecule has 3 unspecified atom stereocenters. The lowest BCUT2D eigenvalue weighted by Crippen LogP contribution is -2.61. The third-order valence-electron chi connectivity index (χ3n) is 5.46. The summed E-state index contributed by atoms with van der Waals surface area (Å²) in [5.74, 6) is 1.20. The summed E-state index contributed by atoms with van der Waals surface area (Å²) >= 11 is 0. The van der Waals surface area contributed by atoms with E-state index in [2.05, 4.69) is 0 Å². The van der Waals surface area contributed by atoms with Crippen LogP contribution in [0.25, 0.3) is 0 Å². The topological polar surface area (TPSA) is 46.5 Å². The standard InChI is InChI=1S/C13H20O3/c1-12(15)9-3-8-4-10(12)7-13(5-8,6-9)11(14)16-2/h8-10,15H,3-7H2,1-2H3/t8?,9-,10+,12?,13?. The van der Waals surface area contributed by atoms with Crippen molar-refractivity contribution < 1.29 is 14.6 Å². The van der Waals surface area contributed by atoms with Gasteiger partial charge in [0.15, 0.2) is 0 Å². The lowest BCUT2D eigenvalue weighted by Gasteiger charge is -2.61. The first-order valence-electron chi connectivity index (χ1n) is 6.29. The summed E-state index contributed by atoms with van der Waals surface area (Å²) in [7, 11) is 1.49. The number of ether oxygens (including phenoxy) is 1. The Kier molecular flexibility index (Phi) is 1.99. The summed E-state index contributed by atoms with van der Waals surface area (Å²) < 4.78 is 4.98. The van der Waals surface area contributed by atoms with Gasteiger partial charge in [-0.25, -0.2) is 0 Å². The van der Waals surface area contributed by atoms with E-state index >= 15 is 0 Å². The summed E-state index contributed by atoms with van der Waals surface area (Å²) in [6.45, 7) is 1.96. The van der Waals surface area contributed by atoms with Gasteiger partial charge in [0.05, 0.1) is 18.1 Å². The van der Waals surface area contributed by atoms with Gasteiger partial charge >= 0.3 is 5.97 Å². The van der Waals surface area contributed by atoms with Crippen LogP contribution in [0.5, 0.6) is 0 Å². The van der Waals surface area contributed by atoms with Crippen molar-refractivity contribution in [3.05, 3.63) is 0 Å². The van der Waals surface area contributed by atoms with Gasteiger partial charge in [0.25, 0.3) is 0 Å². The summed E-state index contributed by atoms with van der Waals surface area (Å²) in [6.07, 6.45) is 4.85. The predicted molar refractivity (Wildman–Crippen MR) is 58.6 cm³/mol. The van der Waals surface area contributed by atoms with Crippen LogP contribution in [0.2, 0.25) is 0 Å². The normalized spacial score (nSPS) is 54.1. The van der Waals surface area contributed by atoms with E-state index in [9.17, 15) is 9.90 Å². The second kappa shape index (κ2) is 3.00. The summed E-state index contributed by atoms with van der Waals surface area (Å²) in [5, 5.41) is 10.5. The summed E-state index contributed by atoms with van der Waals surface area (Å²) in [6, 6.07) is 0. The lowest BCUT2D eigenvalue weighted by molar-refractivity contribution is -0.207. The molecule has 4 fully saturated rings. The molecule has 4 saturated carbocycles. The third kappa shape index (κ3) is 1.15. The molecular weight excluding hydrogens is 204 g/mol. The number of hydrogen-bond acceptors (Lipinski definition) is 3. The van der Waals surface area contributed by atoms with Crippen LogP contribution in [0.1, 0.15) is 39.0 Å². The molecule has 4 rings (SSSR count). The van der Waals surface area contributed by atoms with Gasteiger partial charge in [0.1, 0.15) is 0 Å². The van der Waals surface area contributed by atoms with Gasteiger partial charge in [-0.15, -0.1) is 0 Å². The highest BCUT2D eigenvalue weighted by Crippen LogP contribution is 2.63. The average molecular weight is 224 g/mol. The fourth-order valence-electron chi connectivity index (χ4n) is 4.67. The number of esters is 1. The smallest absolute Gasteiger partial charge is 0.311 e. The van der Waals surface area contributed by atoms with E-state index in [0.717, 1.165) is 32.1 Å². The molecule has 3 nitrogen and oxygen atoms in total. The van der Waals surface area contributed by atoms with Crippen molar-refractivity contribution in [1.29, 1.82) is 0 Å². The van der Waals surface area contributed by atoms with Crippen LogP contribution in [0.3, 0.4) is 0 Å². The monoisotopic (exact) mass is 224 g/mol. The molecule has 90 valence electrons. The zero-order valence-electron chi connectivity index (χ0n) is 10.0. The first-order chi connectivity index (χ1) is 7.48. The minimum absolute atomic E-state index is 0.0394. The fraction of sp³-hybridized carbons (Fsp3) is 0.923. The van der Waals surface area contributed by atoms with Crippen molar-refractivity contribution in [2.45, 2.75) is 44.6 Å². The summed E-state index contributed by atoms with van der Waals surface area (Å²) in [4.78, 5) is 12.0. The molecule has 0 aromatic heterocycles. The molecule has 0 aliphatic heterocycles. The highest BCUT2D eigenvalue weighted by atomic mass is 16.5. The van der Waals surface area contributed by atoms with Crippen LogP contribution >= 0.6 is 0 Å². The maximum atomic E-state index is 12.0. The minimum Gasteiger partial charge on any atom is -0.469 e. The Morgan fingerprint density at radius 3 is 2.31 bits per heavy atom. The SMILES string of the molecule is COC(=O)C12CC3C[C@H](C1)C(C)(O)[C@@H](C3)C2. The molecule has 4 bridgehead atoms. The quantitative estimate of drug-likeness (QED) is 0.690. The molecular formula is C13H20O3. The Morgan fingerprint density at radius 1 is 1.25 bits per heavy atom. The number of aliphatic hydroxyl groups is 1. The third-order valence-corrected chi connectivity index (χ3v) is 5.46. The molecule has 3 heteroatoms. The largest absolute Gasteiger partial charge is 0.469 e. The molecule has 16 heavy (non-hydrogen) atoms. The number of hydrogen-bond donors (Lipinski definition) is 1. The van der Waals surface area contributed by atoms with Gasteiger partial charge in [-0.3, -0.25) is 4.79 Å². The first kappa shape index (κ1) is 10.6. The number of carbonyl (C=O) groups is 1. The van der Waals surface area contributed by atoms with Gasteiger partial charge < -0.3 is 9.84 Å².